The number of hydrogen-bond donors (Lipinski definition) is 1. The number of benzene rings is 2. The summed E-state index contributed by atoms with van der Waals surface area (Å²) in [4.78, 5) is 26.9. The highest BCUT2D eigenvalue weighted by Crippen LogP contribution is 2.41. The molecule has 2 fully saturated rings. The second kappa shape index (κ2) is 10.0. The van der Waals surface area contributed by atoms with Gasteiger partial charge in [-0.05, 0) is 50.0 Å². The fraction of sp³-hybridized carbons (Fsp3) is 0.464. The van der Waals surface area contributed by atoms with Crippen LogP contribution in [-0.4, -0.2) is 83.4 Å². The van der Waals surface area contributed by atoms with Gasteiger partial charge in [0.15, 0.2) is 0 Å². The molecule has 4 heterocycles. The largest absolute Gasteiger partial charge is 0.469 e. The van der Waals surface area contributed by atoms with Gasteiger partial charge in [-0.3, -0.25) is 0 Å². The smallest absolute Gasteiger partial charge is 0.407 e. The molecule has 1 N–H and O–H groups in total. The van der Waals surface area contributed by atoms with Crippen LogP contribution in [0.3, 0.4) is 0 Å². The summed E-state index contributed by atoms with van der Waals surface area (Å²) in [6, 6.07) is 15.4. The molecule has 1 aromatic heterocycles. The molecule has 0 radical (unpaired) electrons. The molecule has 0 spiro atoms. The third-order valence-corrected chi connectivity index (χ3v) is 7.93. The zero-order chi connectivity index (χ0) is 25.4. The van der Waals surface area contributed by atoms with E-state index in [4.69, 9.17) is 19.4 Å². The molecule has 2 saturated heterocycles. The normalized spacial score (nSPS) is 22.1. The van der Waals surface area contributed by atoms with Gasteiger partial charge in [0.05, 0.1) is 5.56 Å². The number of aromatic nitrogens is 2. The summed E-state index contributed by atoms with van der Waals surface area (Å²) in [6.45, 7) is 3.65. The highest BCUT2D eigenvalue weighted by Gasteiger charge is 2.32. The van der Waals surface area contributed by atoms with E-state index >= 15 is 0 Å². The fourth-order valence-electron chi connectivity index (χ4n) is 5.76. The first kappa shape index (κ1) is 23.8. The SMILES string of the molecule is CN1CCC[C@H]1COc1nc2c(c(N3CCN(C(=O)O)CC3)n1)CCC(c1cccc3ccccc13)O2. The lowest BCUT2D eigenvalue weighted by Crippen LogP contribution is -2.49. The van der Waals surface area contributed by atoms with Gasteiger partial charge in [-0.2, -0.15) is 9.97 Å². The number of rotatable bonds is 5. The zero-order valence-electron chi connectivity index (χ0n) is 21.2. The summed E-state index contributed by atoms with van der Waals surface area (Å²) in [5.41, 5.74) is 2.14. The fourth-order valence-corrected chi connectivity index (χ4v) is 5.76. The van der Waals surface area contributed by atoms with Crippen molar-refractivity contribution in [3.05, 3.63) is 53.6 Å². The molecule has 6 rings (SSSR count). The Labute approximate surface area is 216 Å². The molecule has 0 aliphatic carbocycles. The number of piperazine rings is 1. The molecule has 0 bridgehead atoms. The van der Waals surface area contributed by atoms with E-state index in [0.29, 0.717) is 50.7 Å². The van der Waals surface area contributed by atoms with Crippen LogP contribution in [0.1, 0.15) is 36.5 Å². The van der Waals surface area contributed by atoms with Gasteiger partial charge in [0.2, 0.25) is 5.88 Å². The maximum absolute atomic E-state index is 11.4. The van der Waals surface area contributed by atoms with Gasteiger partial charge in [-0.25, -0.2) is 4.79 Å². The summed E-state index contributed by atoms with van der Waals surface area (Å²) in [5, 5.41) is 11.8. The Morgan fingerprint density at radius 1 is 1.05 bits per heavy atom. The summed E-state index contributed by atoms with van der Waals surface area (Å²) in [5.74, 6) is 1.38. The Balaban J connectivity index is 1.30. The molecule has 2 atom stereocenters. The third-order valence-electron chi connectivity index (χ3n) is 7.93. The molecule has 1 amide bonds. The Bertz CT molecular complexity index is 1290. The molecule has 1 unspecified atom stereocenters. The molecule has 3 aliphatic rings. The van der Waals surface area contributed by atoms with Crippen LogP contribution in [0.4, 0.5) is 10.6 Å². The van der Waals surface area contributed by atoms with Gasteiger partial charge in [0, 0.05) is 37.8 Å². The third kappa shape index (κ3) is 4.75. The molecule has 0 saturated carbocycles. The van der Waals surface area contributed by atoms with Gasteiger partial charge in [0.1, 0.15) is 18.5 Å². The van der Waals surface area contributed by atoms with Crippen LogP contribution in [0.5, 0.6) is 11.9 Å². The lowest BCUT2D eigenvalue weighted by molar-refractivity contribution is 0.141. The van der Waals surface area contributed by atoms with Crippen molar-refractivity contribution in [2.75, 3.05) is 51.3 Å². The number of fused-ring (bicyclic) bond motifs is 2. The summed E-state index contributed by atoms with van der Waals surface area (Å²) >= 11 is 0. The number of likely N-dealkylation sites (N-methyl/N-ethyl adjacent to an activating group) is 1. The molecule has 9 heteroatoms. The molecule has 194 valence electrons. The Kier molecular flexibility index (Phi) is 6.46. The number of hydrogen-bond acceptors (Lipinski definition) is 7. The lowest BCUT2D eigenvalue weighted by Gasteiger charge is -2.36. The second-order valence-corrected chi connectivity index (χ2v) is 10.2. The maximum atomic E-state index is 11.4. The van der Waals surface area contributed by atoms with Crippen LogP contribution in [0.15, 0.2) is 42.5 Å². The minimum absolute atomic E-state index is 0.112. The van der Waals surface area contributed by atoms with Crippen LogP contribution in [0, 0.1) is 0 Å². The Morgan fingerprint density at radius 3 is 2.65 bits per heavy atom. The van der Waals surface area contributed by atoms with Crippen molar-refractivity contribution in [3.63, 3.8) is 0 Å². The lowest BCUT2D eigenvalue weighted by atomic mass is 9.94. The Hall–Kier alpha value is -3.59. The number of nitrogens with zero attached hydrogens (tertiary/aromatic N) is 5. The maximum Gasteiger partial charge on any atom is 0.407 e. The van der Waals surface area contributed by atoms with Crippen LogP contribution in [0.2, 0.25) is 0 Å². The first-order chi connectivity index (χ1) is 18.1. The molecule has 2 aromatic carbocycles. The van der Waals surface area contributed by atoms with E-state index in [9.17, 15) is 9.90 Å². The first-order valence-corrected chi connectivity index (χ1v) is 13.2. The second-order valence-electron chi connectivity index (χ2n) is 10.2. The van der Waals surface area contributed by atoms with E-state index in [1.807, 2.05) is 0 Å². The summed E-state index contributed by atoms with van der Waals surface area (Å²) in [6.07, 6.45) is 2.88. The first-order valence-electron chi connectivity index (χ1n) is 13.2. The van der Waals surface area contributed by atoms with Crippen molar-refractivity contribution in [3.8, 4) is 11.9 Å². The van der Waals surface area contributed by atoms with Gasteiger partial charge in [-0.1, -0.05) is 42.5 Å². The predicted octanol–water partition coefficient (Wildman–Crippen LogP) is 3.97. The average Bonchev–Trinajstić information content (AvgIpc) is 3.35. The van der Waals surface area contributed by atoms with Crippen molar-refractivity contribution in [1.29, 1.82) is 0 Å². The van der Waals surface area contributed by atoms with Crippen LogP contribution >= 0.6 is 0 Å². The monoisotopic (exact) mass is 503 g/mol. The number of likely N-dealkylation sites (tertiary alicyclic amines) is 1. The van der Waals surface area contributed by atoms with Crippen LogP contribution in [-0.2, 0) is 6.42 Å². The van der Waals surface area contributed by atoms with Gasteiger partial charge < -0.3 is 29.3 Å². The zero-order valence-corrected chi connectivity index (χ0v) is 21.2. The number of amides is 1. The van der Waals surface area contributed by atoms with E-state index in [0.717, 1.165) is 42.8 Å². The molecule has 3 aromatic rings. The number of carboxylic acid groups (broad SMARTS) is 1. The molecule has 3 aliphatic heterocycles. The van der Waals surface area contributed by atoms with Gasteiger partial charge in [0.25, 0.3) is 0 Å². The van der Waals surface area contributed by atoms with Crippen molar-refractivity contribution in [2.45, 2.75) is 37.8 Å². The van der Waals surface area contributed by atoms with Crippen molar-refractivity contribution >= 4 is 22.7 Å². The molecule has 9 nitrogen and oxygen atoms in total. The van der Waals surface area contributed by atoms with Gasteiger partial charge >= 0.3 is 12.1 Å². The van der Waals surface area contributed by atoms with Crippen LogP contribution < -0.4 is 14.4 Å². The van der Waals surface area contributed by atoms with Crippen molar-refractivity contribution in [1.82, 2.24) is 19.8 Å². The number of anilines is 1. The van der Waals surface area contributed by atoms with E-state index < -0.39 is 6.09 Å². The van der Waals surface area contributed by atoms with Crippen LogP contribution in [0.25, 0.3) is 10.8 Å². The topological polar surface area (TPSA) is 91.3 Å². The van der Waals surface area contributed by atoms with E-state index in [2.05, 4.69) is 59.3 Å². The average molecular weight is 504 g/mol. The predicted molar refractivity (Wildman–Crippen MR) is 141 cm³/mol. The van der Waals surface area contributed by atoms with Crippen molar-refractivity contribution < 1.29 is 19.4 Å². The molecular formula is C28H33N5O4. The highest BCUT2D eigenvalue weighted by molar-refractivity contribution is 5.86. The number of carbonyl (C=O) groups is 1. The van der Waals surface area contributed by atoms with E-state index in [-0.39, 0.29) is 6.10 Å². The molecule has 37 heavy (non-hydrogen) atoms. The molecular weight excluding hydrogens is 470 g/mol. The quantitative estimate of drug-likeness (QED) is 0.559. The standard InChI is InChI=1S/C28H33N5O4/c1-31-13-5-8-20(31)18-36-27-29-25(32-14-16-33(17-15-32)28(34)35)23-11-12-24(37-26(23)30-27)22-10-4-7-19-6-2-3-9-21(19)22/h2-4,6-7,9-10,20,24H,5,8,11-18H2,1H3,(H,34,35)/t20-,24?/m0/s1. The van der Waals surface area contributed by atoms with E-state index in [1.54, 1.807) is 0 Å². The minimum atomic E-state index is -0.879. The highest BCUT2D eigenvalue weighted by atomic mass is 16.5. The summed E-state index contributed by atoms with van der Waals surface area (Å²) < 4.78 is 12.7. The van der Waals surface area contributed by atoms with Gasteiger partial charge in [-0.15, -0.1) is 0 Å². The number of ether oxygens (including phenoxy) is 2. The Morgan fingerprint density at radius 2 is 1.86 bits per heavy atom. The summed E-state index contributed by atoms with van der Waals surface area (Å²) in [7, 11) is 2.12. The minimum Gasteiger partial charge on any atom is -0.469 e. The van der Waals surface area contributed by atoms with E-state index in [1.165, 1.54) is 22.1 Å². The van der Waals surface area contributed by atoms with Crippen molar-refractivity contribution in [2.24, 2.45) is 0 Å².